The average molecular weight is 268 g/mol. The van der Waals surface area contributed by atoms with E-state index in [1.807, 2.05) is 36.4 Å². The van der Waals surface area contributed by atoms with E-state index in [2.05, 4.69) is 22.3 Å². The van der Waals surface area contributed by atoms with E-state index in [1.165, 1.54) is 0 Å². The minimum Gasteiger partial charge on any atom is -0.453 e. The van der Waals surface area contributed by atoms with Gasteiger partial charge in [-0.15, -0.1) is 0 Å². The largest absolute Gasteiger partial charge is 0.453 e. The lowest BCUT2D eigenvalue weighted by molar-refractivity contribution is 0.624. The highest BCUT2D eigenvalue weighted by Crippen LogP contribution is 2.26. The van der Waals surface area contributed by atoms with Gasteiger partial charge in [0.15, 0.2) is 11.6 Å². The van der Waals surface area contributed by atoms with E-state index in [9.17, 15) is 0 Å². The summed E-state index contributed by atoms with van der Waals surface area (Å²) in [6.45, 7) is 2.11. The fourth-order valence-electron chi connectivity index (χ4n) is 2.16. The second kappa shape index (κ2) is 5.30. The van der Waals surface area contributed by atoms with Gasteiger partial charge in [0.2, 0.25) is 0 Å². The van der Waals surface area contributed by atoms with Gasteiger partial charge in [-0.05, 0) is 18.6 Å². The molecule has 3 rings (SSSR count). The summed E-state index contributed by atoms with van der Waals surface area (Å²) in [6, 6.07) is 11.6. The molecular weight excluding hydrogens is 252 g/mol. The van der Waals surface area contributed by atoms with Crippen LogP contribution in [0.3, 0.4) is 0 Å². The second-order valence-corrected chi connectivity index (χ2v) is 4.61. The zero-order valence-corrected chi connectivity index (χ0v) is 11.3. The molecule has 20 heavy (non-hydrogen) atoms. The molecule has 0 aliphatic heterocycles. The Morgan fingerprint density at radius 1 is 1.20 bits per heavy atom. The van der Waals surface area contributed by atoms with Gasteiger partial charge < -0.3 is 9.84 Å². The summed E-state index contributed by atoms with van der Waals surface area (Å²) in [7, 11) is 0. The standard InChI is InChI=1S/C15H16N4O/c1-2-5-11-9-14(19-16)18-15(17-11)13-8-10-6-3-4-7-12(10)20-13/h3-4,6-9H,2,5,16H2,1H3,(H,17,18,19). The SMILES string of the molecule is CCCc1cc(NN)nc(-c2cc3ccccc3o2)n1. The van der Waals surface area contributed by atoms with Crippen molar-refractivity contribution < 1.29 is 4.42 Å². The number of hydrogen-bond acceptors (Lipinski definition) is 5. The van der Waals surface area contributed by atoms with Crippen LogP contribution < -0.4 is 11.3 Å². The normalized spacial score (nSPS) is 10.9. The van der Waals surface area contributed by atoms with Crippen molar-refractivity contribution >= 4 is 16.8 Å². The number of fused-ring (bicyclic) bond motifs is 1. The van der Waals surface area contributed by atoms with Crippen molar-refractivity contribution in [2.24, 2.45) is 5.84 Å². The number of aryl methyl sites for hydroxylation is 1. The fraction of sp³-hybridized carbons (Fsp3) is 0.200. The van der Waals surface area contributed by atoms with E-state index in [-0.39, 0.29) is 0 Å². The maximum atomic E-state index is 5.79. The molecule has 0 aliphatic rings. The van der Waals surface area contributed by atoms with Crippen molar-refractivity contribution in [3.63, 3.8) is 0 Å². The lowest BCUT2D eigenvalue weighted by atomic mass is 10.2. The molecular formula is C15H16N4O. The van der Waals surface area contributed by atoms with E-state index < -0.39 is 0 Å². The molecule has 0 radical (unpaired) electrons. The number of nitrogens with two attached hydrogens (primary N) is 1. The van der Waals surface area contributed by atoms with Gasteiger partial charge in [0.25, 0.3) is 0 Å². The average Bonchev–Trinajstić information content (AvgIpc) is 2.91. The first-order valence-electron chi connectivity index (χ1n) is 6.63. The van der Waals surface area contributed by atoms with Crippen LogP contribution in [0.25, 0.3) is 22.6 Å². The molecule has 102 valence electrons. The summed E-state index contributed by atoms with van der Waals surface area (Å²) >= 11 is 0. The predicted octanol–water partition coefficient (Wildman–Crippen LogP) is 3.13. The lowest BCUT2D eigenvalue weighted by Gasteiger charge is -2.05. The third kappa shape index (κ3) is 2.35. The monoisotopic (exact) mass is 268 g/mol. The van der Waals surface area contributed by atoms with Crippen LogP contribution in [0, 0.1) is 0 Å². The first-order valence-corrected chi connectivity index (χ1v) is 6.63. The Balaban J connectivity index is 2.09. The van der Waals surface area contributed by atoms with Gasteiger partial charge in [-0.2, -0.15) is 0 Å². The molecule has 0 unspecified atom stereocenters. The maximum absolute atomic E-state index is 5.79. The van der Waals surface area contributed by atoms with Crippen molar-refractivity contribution in [2.75, 3.05) is 5.43 Å². The molecule has 5 nitrogen and oxygen atoms in total. The Kier molecular flexibility index (Phi) is 3.35. The third-order valence-corrected chi connectivity index (χ3v) is 3.08. The number of nitrogen functional groups attached to an aromatic ring is 1. The minimum atomic E-state index is 0.556. The smallest absolute Gasteiger partial charge is 0.197 e. The van der Waals surface area contributed by atoms with Crippen molar-refractivity contribution in [1.29, 1.82) is 0 Å². The summed E-state index contributed by atoms with van der Waals surface area (Å²) in [4.78, 5) is 8.89. The number of benzene rings is 1. The van der Waals surface area contributed by atoms with E-state index in [1.54, 1.807) is 0 Å². The Hall–Kier alpha value is -2.40. The number of furan rings is 1. The molecule has 0 saturated heterocycles. The molecule has 3 aromatic rings. The molecule has 0 atom stereocenters. The molecule has 2 aromatic heterocycles. The Morgan fingerprint density at radius 2 is 2.05 bits per heavy atom. The summed E-state index contributed by atoms with van der Waals surface area (Å²) in [6.07, 6.45) is 1.89. The number of aromatic nitrogens is 2. The second-order valence-electron chi connectivity index (χ2n) is 4.61. The number of hydrazine groups is 1. The van der Waals surface area contributed by atoms with Crippen molar-refractivity contribution in [1.82, 2.24) is 9.97 Å². The maximum Gasteiger partial charge on any atom is 0.197 e. The van der Waals surface area contributed by atoms with E-state index in [0.717, 1.165) is 29.5 Å². The van der Waals surface area contributed by atoms with Gasteiger partial charge in [0.05, 0.1) is 0 Å². The Morgan fingerprint density at radius 3 is 2.80 bits per heavy atom. The first kappa shape index (κ1) is 12.6. The van der Waals surface area contributed by atoms with Crippen LogP contribution in [0.5, 0.6) is 0 Å². The number of anilines is 1. The number of nitrogens with zero attached hydrogens (tertiary/aromatic N) is 2. The molecule has 1 aromatic carbocycles. The number of para-hydroxylation sites is 1. The summed E-state index contributed by atoms with van der Waals surface area (Å²) in [5, 5.41) is 1.04. The highest BCUT2D eigenvalue weighted by molar-refractivity contribution is 5.81. The van der Waals surface area contributed by atoms with Crippen molar-refractivity contribution in [3.05, 3.63) is 42.1 Å². The highest BCUT2D eigenvalue weighted by Gasteiger charge is 2.11. The van der Waals surface area contributed by atoms with Gasteiger partial charge >= 0.3 is 0 Å². The molecule has 0 aliphatic carbocycles. The van der Waals surface area contributed by atoms with Crippen LogP contribution in [-0.4, -0.2) is 9.97 Å². The summed E-state index contributed by atoms with van der Waals surface area (Å²) in [5.74, 6) is 7.27. The topological polar surface area (TPSA) is 77.0 Å². The predicted molar refractivity (Wildman–Crippen MR) is 79.0 cm³/mol. The molecule has 0 amide bonds. The molecule has 3 N–H and O–H groups in total. The quantitative estimate of drug-likeness (QED) is 0.561. The van der Waals surface area contributed by atoms with Crippen LogP contribution in [-0.2, 0) is 6.42 Å². The van der Waals surface area contributed by atoms with E-state index in [0.29, 0.717) is 17.4 Å². The molecule has 0 saturated carbocycles. The number of hydrogen-bond donors (Lipinski definition) is 2. The lowest BCUT2D eigenvalue weighted by Crippen LogP contribution is -2.10. The fourth-order valence-corrected chi connectivity index (χ4v) is 2.16. The van der Waals surface area contributed by atoms with Crippen molar-refractivity contribution in [3.8, 4) is 11.6 Å². The van der Waals surface area contributed by atoms with Crippen LogP contribution in [0.2, 0.25) is 0 Å². The zero-order chi connectivity index (χ0) is 13.9. The summed E-state index contributed by atoms with van der Waals surface area (Å²) in [5.41, 5.74) is 4.35. The highest BCUT2D eigenvalue weighted by atomic mass is 16.3. The van der Waals surface area contributed by atoms with Crippen LogP contribution in [0.1, 0.15) is 19.0 Å². The van der Waals surface area contributed by atoms with Crippen LogP contribution in [0.15, 0.2) is 40.8 Å². The van der Waals surface area contributed by atoms with Gasteiger partial charge in [-0.3, -0.25) is 0 Å². The van der Waals surface area contributed by atoms with Crippen LogP contribution >= 0.6 is 0 Å². The van der Waals surface area contributed by atoms with Crippen molar-refractivity contribution in [2.45, 2.75) is 19.8 Å². The third-order valence-electron chi connectivity index (χ3n) is 3.08. The molecule has 2 heterocycles. The molecule has 5 heteroatoms. The molecule has 0 fully saturated rings. The van der Waals surface area contributed by atoms with Gasteiger partial charge in [-0.1, -0.05) is 31.5 Å². The minimum absolute atomic E-state index is 0.556. The van der Waals surface area contributed by atoms with E-state index >= 15 is 0 Å². The first-order chi connectivity index (χ1) is 9.80. The molecule has 0 bridgehead atoms. The number of rotatable bonds is 4. The number of nitrogens with one attached hydrogen (secondary N) is 1. The Labute approximate surface area is 116 Å². The van der Waals surface area contributed by atoms with E-state index in [4.69, 9.17) is 10.3 Å². The molecule has 0 spiro atoms. The van der Waals surface area contributed by atoms with Gasteiger partial charge in [-0.25, -0.2) is 15.8 Å². The zero-order valence-electron chi connectivity index (χ0n) is 11.3. The Bertz CT molecular complexity index is 703. The summed E-state index contributed by atoms with van der Waals surface area (Å²) < 4.78 is 5.79. The van der Waals surface area contributed by atoms with Crippen LogP contribution in [0.4, 0.5) is 5.82 Å². The van der Waals surface area contributed by atoms with Gasteiger partial charge in [0.1, 0.15) is 11.4 Å². The van der Waals surface area contributed by atoms with Gasteiger partial charge in [0, 0.05) is 17.1 Å².